The molecule has 1 heterocycles. The van der Waals surface area contributed by atoms with Crippen LogP contribution in [0.25, 0.3) is 0 Å². The van der Waals surface area contributed by atoms with Crippen LogP contribution >= 0.6 is 0 Å². The molecule has 23 heavy (non-hydrogen) atoms. The molecule has 1 saturated heterocycles. The summed E-state index contributed by atoms with van der Waals surface area (Å²) in [5.74, 6) is 0.00712. The molecule has 0 aromatic heterocycles. The van der Waals surface area contributed by atoms with Crippen molar-refractivity contribution in [3.05, 3.63) is 29.8 Å². The van der Waals surface area contributed by atoms with Crippen LogP contribution in [0.4, 0.5) is 5.69 Å². The fraction of sp³-hybridized carbons (Fsp3) is 0.500. The summed E-state index contributed by atoms with van der Waals surface area (Å²) in [5, 5.41) is 0. The van der Waals surface area contributed by atoms with Crippen LogP contribution in [0, 0.1) is 23.7 Å². The maximum absolute atomic E-state index is 12.7. The van der Waals surface area contributed by atoms with E-state index in [1.165, 1.54) is 4.90 Å². The first-order valence-electron chi connectivity index (χ1n) is 8.26. The van der Waals surface area contributed by atoms with Crippen molar-refractivity contribution in [1.29, 1.82) is 0 Å². The number of anilines is 1. The molecule has 5 heteroatoms. The average Bonchev–Trinajstić information content (AvgIpc) is 3.22. The standard InChI is InChI=1S/C18H19NO4/c1-2-23-18(22)10-5-7-13(8-6-10)19-16(20)14-11-3-4-12(9-11)15(14)17(19)21/h5-8,11-12,14-15H,2-4,9H2,1H3/t11-,12-,14+,15+/m0/s1. The normalized spacial score (nSPS) is 31.6. The molecular formula is C18H19NO4. The Hall–Kier alpha value is -2.17. The van der Waals surface area contributed by atoms with Crippen molar-refractivity contribution in [2.24, 2.45) is 23.7 Å². The second-order valence-electron chi connectivity index (χ2n) is 6.66. The Kier molecular flexibility index (Phi) is 3.25. The van der Waals surface area contributed by atoms with Crippen LogP contribution in [0.3, 0.4) is 0 Å². The second kappa shape index (κ2) is 5.18. The van der Waals surface area contributed by atoms with Gasteiger partial charge in [0.25, 0.3) is 0 Å². The summed E-state index contributed by atoms with van der Waals surface area (Å²) in [6, 6.07) is 6.53. The third kappa shape index (κ3) is 2.02. The summed E-state index contributed by atoms with van der Waals surface area (Å²) in [5.41, 5.74) is 0.983. The van der Waals surface area contributed by atoms with Crippen molar-refractivity contribution in [3.63, 3.8) is 0 Å². The largest absolute Gasteiger partial charge is 0.462 e. The summed E-state index contributed by atoms with van der Waals surface area (Å²) in [6.07, 6.45) is 3.17. The molecule has 0 unspecified atom stereocenters. The topological polar surface area (TPSA) is 63.7 Å². The smallest absolute Gasteiger partial charge is 0.338 e. The highest BCUT2D eigenvalue weighted by atomic mass is 16.5. The second-order valence-corrected chi connectivity index (χ2v) is 6.66. The van der Waals surface area contributed by atoms with Gasteiger partial charge in [-0.1, -0.05) is 0 Å². The molecule has 3 aliphatic rings. The number of hydrogen-bond acceptors (Lipinski definition) is 4. The number of imide groups is 1. The van der Waals surface area contributed by atoms with Gasteiger partial charge >= 0.3 is 5.97 Å². The predicted molar refractivity (Wildman–Crippen MR) is 82.7 cm³/mol. The minimum atomic E-state index is -0.395. The molecule has 2 saturated carbocycles. The van der Waals surface area contributed by atoms with E-state index in [4.69, 9.17) is 4.74 Å². The number of fused-ring (bicyclic) bond motifs is 5. The number of nitrogens with zero attached hydrogens (tertiary/aromatic N) is 1. The first kappa shape index (κ1) is 14.4. The lowest BCUT2D eigenvalue weighted by atomic mass is 9.81. The summed E-state index contributed by atoms with van der Waals surface area (Å²) in [6.45, 7) is 2.07. The van der Waals surface area contributed by atoms with E-state index in [2.05, 4.69) is 0 Å². The zero-order valence-electron chi connectivity index (χ0n) is 13.0. The van der Waals surface area contributed by atoms with Crippen LogP contribution < -0.4 is 4.90 Å². The molecule has 120 valence electrons. The van der Waals surface area contributed by atoms with E-state index in [0.29, 0.717) is 29.7 Å². The van der Waals surface area contributed by atoms with Crippen molar-refractivity contribution >= 4 is 23.5 Å². The van der Waals surface area contributed by atoms with E-state index in [1.54, 1.807) is 31.2 Å². The highest BCUT2D eigenvalue weighted by Gasteiger charge is 2.61. The highest BCUT2D eigenvalue weighted by Crippen LogP contribution is 2.56. The molecule has 1 aliphatic heterocycles. The Morgan fingerprint density at radius 2 is 1.65 bits per heavy atom. The summed E-state index contributed by atoms with van der Waals surface area (Å²) < 4.78 is 4.95. The Morgan fingerprint density at radius 1 is 1.09 bits per heavy atom. The fourth-order valence-electron chi connectivity index (χ4n) is 4.62. The van der Waals surface area contributed by atoms with E-state index < -0.39 is 5.97 Å². The number of ether oxygens (including phenoxy) is 1. The lowest BCUT2D eigenvalue weighted by molar-refractivity contribution is -0.123. The van der Waals surface area contributed by atoms with E-state index in [9.17, 15) is 14.4 Å². The lowest BCUT2D eigenvalue weighted by Gasteiger charge is -2.19. The lowest BCUT2D eigenvalue weighted by Crippen LogP contribution is -2.32. The van der Waals surface area contributed by atoms with E-state index in [0.717, 1.165) is 19.3 Å². The summed E-state index contributed by atoms with van der Waals surface area (Å²) >= 11 is 0. The minimum Gasteiger partial charge on any atom is -0.462 e. The van der Waals surface area contributed by atoms with Gasteiger partial charge in [-0.05, 0) is 62.3 Å². The number of benzene rings is 1. The van der Waals surface area contributed by atoms with Gasteiger partial charge in [0.2, 0.25) is 11.8 Å². The van der Waals surface area contributed by atoms with Gasteiger partial charge < -0.3 is 4.74 Å². The summed E-state index contributed by atoms with van der Waals surface area (Å²) in [4.78, 5) is 38.5. The van der Waals surface area contributed by atoms with Gasteiger partial charge in [-0.15, -0.1) is 0 Å². The van der Waals surface area contributed by atoms with Crippen molar-refractivity contribution in [3.8, 4) is 0 Å². The average molecular weight is 313 g/mol. The molecule has 0 radical (unpaired) electrons. The van der Waals surface area contributed by atoms with E-state index in [1.807, 2.05) is 0 Å². The van der Waals surface area contributed by atoms with Gasteiger partial charge in [-0.25, -0.2) is 4.79 Å². The zero-order valence-corrected chi connectivity index (χ0v) is 13.0. The van der Waals surface area contributed by atoms with Crippen LogP contribution in [0.2, 0.25) is 0 Å². The SMILES string of the molecule is CCOC(=O)c1ccc(N2C(=O)[C@@H]3[C@H]4CC[C@@H](C4)[C@H]3C2=O)cc1. The first-order valence-corrected chi connectivity index (χ1v) is 8.26. The molecule has 2 aliphatic carbocycles. The molecule has 1 aromatic carbocycles. The molecule has 3 fully saturated rings. The summed E-state index contributed by atoms with van der Waals surface area (Å²) in [7, 11) is 0. The van der Waals surface area contributed by atoms with Gasteiger partial charge in [-0.2, -0.15) is 0 Å². The number of esters is 1. The van der Waals surface area contributed by atoms with E-state index >= 15 is 0 Å². The third-order valence-electron chi connectivity index (χ3n) is 5.56. The van der Waals surface area contributed by atoms with Crippen molar-refractivity contribution in [2.75, 3.05) is 11.5 Å². The molecule has 1 aromatic rings. The number of carbonyl (C=O) groups is 3. The van der Waals surface area contributed by atoms with Crippen LogP contribution in [0.5, 0.6) is 0 Å². The fourth-order valence-corrected chi connectivity index (χ4v) is 4.62. The Morgan fingerprint density at radius 3 is 2.17 bits per heavy atom. The molecule has 0 spiro atoms. The molecule has 0 N–H and O–H groups in total. The quantitative estimate of drug-likeness (QED) is 0.635. The molecular weight excluding hydrogens is 294 g/mol. The number of rotatable bonds is 3. The van der Waals surface area contributed by atoms with Crippen molar-refractivity contribution in [2.45, 2.75) is 26.2 Å². The van der Waals surface area contributed by atoms with Gasteiger partial charge in [0, 0.05) is 0 Å². The van der Waals surface area contributed by atoms with Gasteiger partial charge in [0.15, 0.2) is 0 Å². The van der Waals surface area contributed by atoms with Crippen molar-refractivity contribution in [1.82, 2.24) is 0 Å². The maximum atomic E-state index is 12.7. The highest BCUT2D eigenvalue weighted by molar-refractivity contribution is 6.22. The number of carbonyl (C=O) groups excluding carboxylic acids is 3. The van der Waals surface area contributed by atoms with Gasteiger partial charge in [0.1, 0.15) is 0 Å². The van der Waals surface area contributed by atoms with Crippen LogP contribution in [0.15, 0.2) is 24.3 Å². The van der Waals surface area contributed by atoms with Crippen molar-refractivity contribution < 1.29 is 19.1 Å². The predicted octanol–water partition coefficient (Wildman–Crippen LogP) is 2.40. The molecule has 4 atom stereocenters. The van der Waals surface area contributed by atoms with Gasteiger partial charge in [0.05, 0.1) is 29.7 Å². The van der Waals surface area contributed by atoms with Crippen LogP contribution in [-0.2, 0) is 14.3 Å². The Bertz CT molecular complexity index is 653. The van der Waals surface area contributed by atoms with Crippen LogP contribution in [-0.4, -0.2) is 24.4 Å². The minimum absolute atomic E-state index is 0.0592. The first-order chi connectivity index (χ1) is 11.1. The number of amides is 2. The molecule has 2 bridgehead atoms. The third-order valence-corrected chi connectivity index (χ3v) is 5.56. The van der Waals surface area contributed by atoms with E-state index in [-0.39, 0.29) is 23.7 Å². The number of hydrogen-bond donors (Lipinski definition) is 0. The van der Waals surface area contributed by atoms with Gasteiger partial charge in [-0.3, -0.25) is 14.5 Å². The molecule has 2 amide bonds. The maximum Gasteiger partial charge on any atom is 0.338 e. The molecule has 5 nitrogen and oxygen atoms in total. The van der Waals surface area contributed by atoms with Crippen LogP contribution in [0.1, 0.15) is 36.5 Å². The zero-order chi connectivity index (χ0) is 16.1. The monoisotopic (exact) mass is 313 g/mol. The molecule has 4 rings (SSSR count). The Balaban J connectivity index is 1.60. The Labute approximate surface area is 134 Å².